The van der Waals surface area contributed by atoms with Crippen LogP contribution in [0.5, 0.6) is 11.5 Å². The van der Waals surface area contributed by atoms with E-state index in [0.717, 1.165) is 22.6 Å². The second-order valence-corrected chi connectivity index (χ2v) is 5.74. The molecule has 0 amide bonds. The maximum absolute atomic E-state index is 8.70. The van der Waals surface area contributed by atoms with E-state index < -0.39 is 7.12 Å². The first-order chi connectivity index (χ1) is 12.9. The van der Waals surface area contributed by atoms with Crippen LogP contribution in [0.3, 0.4) is 0 Å². The molecule has 0 aliphatic rings. The van der Waals surface area contributed by atoms with E-state index in [1.807, 2.05) is 43.3 Å². The van der Waals surface area contributed by atoms with Gasteiger partial charge in [0, 0.05) is 11.3 Å². The third-order valence-electron chi connectivity index (χ3n) is 3.92. The zero-order valence-electron chi connectivity index (χ0n) is 15.6. The van der Waals surface area contributed by atoms with E-state index in [0.29, 0.717) is 17.0 Å². The summed E-state index contributed by atoms with van der Waals surface area (Å²) in [5.74, 6) is 2.11. The quantitative estimate of drug-likeness (QED) is 0.612. The number of ether oxygens (including phenoxy) is 2. The van der Waals surface area contributed by atoms with Gasteiger partial charge in [-0.2, -0.15) is 0 Å². The first kappa shape index (κ1) is 20.3. The molecule has 0 saturated carbocycles. The van der Waals surface area contributed by atoms with Gasteiger partial charge >= 0.3 is 7.12 Å². The number of rotatable bonds is 4. The first-order valence-corrected chi connectivity index (χ1v) is 8.32. The zero-order chi connectivity index (χ0) is 19.8. The van der Waals surface area contributed by atoms with Gasteiger partial charge < -0.3 is 25.3 Å². The van der Waals surface area contributed by atoms with Crippen LogP contribution in [0.15, 0.2) is 60.7 Å². The predicted octanol–water partition coefficient (Wildman–Crippen LogP) is 2.02. The van der Waals surface area contributed by atoms with Crippen LogP contribution in [-0.2, 0) is 0 Å². The highest BCUT2D eigenvalue weighted by molar-refractivity contribution is 6.58. The third kappa shape index (κ3) is 5.74. The van der Waals surface area contributed by atoms with Crippen molar-refractivity contribution in [2.75, 3.05) is 20.0 Å². The van der Waals surface area contributed by atoms with Crippen LogP contribution in [0, 0.1) is 6.92 Å². The van der Waals surface area contributed by atoms with Crippen molar-refractivity contribution in [2.24, 2.45) is 0 Å². The van der Waals surface area contributed by atoms with Crippen molar-refractivity contribution in [3.05, 3.63) is 66.4 Å². The number of anilines is 1. The number of aromatic nitrogens is 1. The van der Waals surface area contributed by atoms with Gasteiger partial charge in [0.1, 0.15) is 17.3 Å². The van der Waals surface area contributed by atoms with Gasteiger partial charge in [-0.05, 0) is 54.3 Å². The average Bonchev–Trinajstić information content (AvgIpc) is 2.69. The number of benzene rings is 2. The molecule has 4 N–H and O–H groups in total. The molecular formula is C20H23BN2O4. The number of hydrogen-bond donors (Lipinski definition) is 3. The minimum Gasteiger partial charge on any atom is -0.497 e. The highest BCUT2D eigenvalue weighted by atomic mass is 16.5. The van der Waals surface area contributed by atoms with E-state index in [1.165, 1.54) is 0 Å². The van der Waals surface area contributed by atoms with Crippen molar-refractivity contribution in [3.63, 3.8) is 0 Å². The van der Waals surface area contributed by atoms with Gasteiger partial charge in [-0.1, -0.05) is 24.3 Å². The first-order valence-electron chi connectivity index (χ1n) is 8.32. The summed E-state index contributed by atoms with van der Waals surface area (Å²) in [5, 5.41) is 17.4. The SMILES string of the molecule is COc1ccc(-c2ccc(N)nc2C)cc1.COc1ccc(B(O)O)cc1. The van der Waals surface area contributed by atoms with Gasteiger partial charge in [-0.3, -0.25) is 0 Å². The van der Waals surface area contributed by atoms with Crippen LogP contribution in [-0.4, -0.2) is 36.4 Å². The molecule has 140 valence electrons. The molecule has 0 aliphatic heterocycles. The van der Waals surface area contributed by atoms with Crippen LogP contribution in [0.25, 0.3) is 11.1 Å². The van der Waals surface area contributed by atoms with Gasteiger partial charge in [0.15, 0.2) is 0 Å². The zero-order valence-corrected chi connectivity index (χ0v) is 15.6. The molecule has 1 aromatic heterocycles. The number of pyridine rings is 1. The Morgan fingerprint density at radius 3 is 1.78 bits per heavy atom. The molecule has 0 radical (unpaired) electrons. The van der Waals surface area contributed by atoms with Crippen molar-refractivity contribution >= 4 is 18.4 Å². The van der Waals surface area contributed by atoms with E-state index in [1.54, 1.807) is 38.5 Å². The molecule has 0 bridgehead atoms. The smallest absolute Gasteiger partial charge is 0.488 e. The molecule has 0 aliphatic carbocycles. The van der Waals surface area contributed by atoms with Crippen LogP contribution in [0.4, 0.5) is 5.82 Å². The molecule has 0 fully saturated rings. The fourth-order valence-electron chi connectivity index (χ4n) is 2.43. The molecule has 7 heteroatoms. The van der Waals surface area contributed by atoms with Crippen LogP contribution >= 0.6 is 0 Å². The number of nitrogen functional groups attached to an aromatic ring is 1. The summed E-state index contributed by atoms with van der Waals surface area (Å²) in [5.41, 5.74) is 9.23. The Bertz CT molecular complexity index is 853. The Labute approximate surface area is 159 Å². The molecule has 0 saturated heterocycles. The average molecular weight is 366 g/mol. The summed E-state index contributed by atoms with van der Waals surface area (Å²) in [4.78, 5) is 4.24. The van der Waals surface area contributed by atoms with E-state index in [2.05, 4.69) is 4.98 Å². The van der Waals surface area contributed by atoms with E-state index in [4.69, 9.17) is 25.3 Å². The molecule has 3 rings (SSSR count). The monoisotopic (exact) mass is 366 g/mol. The lowest BCUT2D eigenvalue weighted by molar-refractivity contribution is 0.414. The Kier molecular flexibility index (Phi) is 7.22. The summed E-state index contributed by atoms with van der Waals surface area (Å²) in [6.07, 6.45) is 0. The molecule has 1 heterocycles. The van der Waals surface area contributed by atoms with Crippen molar-refractivity contribution in [3.8, 4) is 22.6 Å². The van der Waals surface area contributed by atoms with Crippen molar-refractivity contribution in [1.82, 2.24) is 4.98 Å². The standard InChI is InChI=1S/C13H14N2O.C7H9BO3/c1-9-12(7-8-13(14)15-9)10-3-5-11(16-2)6-4-10;1-11-7-4-2-6(3-5-7)8(9)10/h3-8H,1-2H3,(H2,14,15);2-5,9-10H,1H3. The number of aryl methyl sites for hydroxylation is 1. The lowest BCUT2D eigenvalue weighted by Gasteiger charge is -2.07. The van der Waals surface area contributed by atoms with Gasteiger partial charge in [-0.25, -0.2) is 4.98 Å². The lowest BCUT2D eigenvalue weighted by atomic mass is 9.80. The van der Waals surface area contributed by atoms with E-state index in [9.17, 15) is 0 Å². The van der Waals surface area contributed by atoms with Gasteiger partial charge in [-0.15, -0.1) is 0 Å². The third-order valence-corrected chi connectivity index (χ3v) is 3.92. The summed E-state index contributed by atoms with van der Waals surface area (Å²) < 4.78 is 10.0. The Morgan fingerprint density at radius 2 is 1.33 bits per heavy atom. The normalized spacial score (nSPS) is 9.81. The van der Waals surface area contributed by atoms with Crippen LogP contribution < -0.4 is 20.7 Å². The van der Waals surface area contributed by atoms with Crippen molar-refractivity contribution in [1.29, 1.82) is 0 Å². The van der Waals surface area contributed by atoms with Gasteiger partial charge in [0.25, 0.3) is 0 Å². The topological polar surface area (TPSA) is 97.8 Å². The minimum absolute atomic E-state index is 0.464. The number of hydrogen-bond acceptors (Lipinski definition) is 6. The molecule has 27 heavy (non-hydrogen) atoms. The summed E-state index contributed by atoms with van der Waals surface area (Å²) in [6, 6.07) is 18.2. The largest absolute Gasteiger partial charge is 0.497 e. The Balaban J connectivity index is 0.000000208. The highest BCUT2D eigenvalue weighted by Crippen LogP contribution is 2.24. The fourth-order valence-corrected chi connectivity index (χ4v) is 2.43. The highest BCUT2D eigenvalue weighted by Gasteiger charge is 2.09. The Hall–Kier alpha value is -3.03. The van der Waals surface area contributed by atoms with Gasteiger partial charge in [0.2, 0.25) is 0 Å². The summed E-state index contributed by atoms with van der Waals surface area (Å²) in [6.45, 7) is 1.95. The van der Waals surface area contributed by atoms with Crippen LogP contribution in [0.2, 0.25) is 0 Å². The molecule has 3 aromatic rings. The number of nitrogens with two attached hydrogens (primary N) is 1. The van der Waals surface area contributed by atoms with Crippen LogP contribution in [0.1, 0.15) is 5.69 Å². The number of nitrogens with zero attached hydrogens (tertiary/aromatic N) is 1. The maximum atomic E-state index is 8.70. The lowest BCUT2D eigenvalue weighted by Crippen LogP contribution is -2.29. The fraction of sp³-hybridized carbons (Fsp3) is 0.150. The maximum Gasteiger partial charge on any atom is 0.488 e. The van der Waals surface area contributed by atoms with E-state index >= 15 is 0 Å². The molecule has 2 aromatic carbocycles. The second-order valence-electron chi connectivity index (χ2n) is 5.74. The molecule has 0 unspecified atom stereocenters. The molecule has 0 atom stereocenters. The second kappa shape index (κ2) is 9.61. The minimum atomic E-state index is -1.40. The summed E-state index contributed by atoms with van der Waals surface area (Å²) >= 11 is 0. The van der Waals surface area contributed by atoms with Crippen molar-refractivity contribution < 1.29 is 19.5 Å². The molecule has 6 nitrogen and oxygen atoms in total. The summed E-state index contributed by atoms with van der Waals surface area (Å²) in [7, 11) is 1.82. The van der Waals surface area contributed by atoms with Gasteiger partial charge in [0.05, 0.1) is 14.2 Å². The predicted molar refractivity (Wildman–Crippen MR) is 108 cm³/mol. The Morgan fingerprint density at radius 1 is 0.815 bits per heavy atom. The number of methoxy groups -OCH3 is 2. The molecular weight excluding hydrogens is 343 g/mol. The molecule has 0 spiro atoms. The van der Waals surface area contributed by atoms with E-state index in [-0.39, 0.29) is 0 Å². The van der Waals surface area contributed by atoms with Crippen molar-refractivity contribution in [2.45, 2.75) is 6.92 Å².